The highest BCUT2D eigenvalue weighted by molar-refractivity contribution is 7.13. The highest BCUT2D eigenvalue weighted by atomic mass is 32.1. The maximum atomic E-state index is 4.94. The summed E-state index contributed by atoms with van der Waals surface area (Å²) in [4.78, 5) is 20.7. The van der Waals surface area contributed by atoms with Crippen LogP contribution < -0.4 is 4.90 Å². The molecular formula is C18H19N9S. The normalized spacial score (nSPS) is 15.7. The molecule has 0 bridgehead atoms. The second kappa shape index (κ2) is 6.48. The van der Waals surface area contributed by atoms with Crippen molar-refractivity contribution < 1.29 is 0 Å². The zero-order valence-electron chi connectivity index (χ0n) is 15.8. The van der Waals surface area contributed by atoms with Gasteiger partial charge in [-0.1, -0.05) is 6.92 Å². The number of nitrogens with zero attached hydrogens (tertiary/aromatic N) is 9. The SMILES string of the molecule is CCC1c2nncn2-c2cnc(-n3ccnc3-c3nccs3)nc2N1C(C)C. The van der Waals surface area contributed by atoms with Gasteiger partial charge in [-0.05, 0) is 20.3 Å². The highest BCUT2D eigenvalue weighted by Crippen LogP contribution is 2.39. The van der Waals surface area contributed by atoms with Gasteiger partial charge < -0.3 is 4.90 Å². The molecule has 4 aromatic heterocycles. The fourth-order valence-corrected chi connectivity index (χ4v) is 4.33. The molecule has 1 aliphatic rings. The van der Waals surface area contributed by atoms with Crippen LogP contribution in [0.15, 0.2) is 36.5 Å². The van der Waals surface area contributed by atoms with E-state index in [-0.39, 0.29) is 12.1 Å². The summed E-state index contributed by atoms with van der Waals surface area (Å²) in [6, 6.07) is 0.358. The van der Waals surface area contributed by atoms with E-state index in [1.165, 1.54) is 11.3 Å². The van der Waals surface area contributed by atoms with E-state index in [4.69, 9.17) is 4.98 Å². The molecule has 0 spiro atoms. The summed E-state index contributed by atoms with van der Waals surface area (Å²) in [5.41, 5.74) is 0.887. The summed E-state index contributed by atoms with van der Waals surface area (Å²) >= 11 is 1.54. The number of imidazole rings is 1. The molecule has 28 heavy (non-hydrogen) atoms. The van der Waals surface area contributed by atoms with Crippen LogP contribution in [-0.4, -0.2) is 45.3 Å². The average Bonchev–Trinajstić information content (AvgIpc) is 3.46. The van der Waals surface area contributed by atoms with Crippen molar-refractivity contribution in [3.05, 3.63) is 42.3 Å². The second-order valence-electron chi connectivity index (χ2n) is 6.82. The first-order valence-corrected chi connectivity index (χ1v) is 10.1. The van der Waals surface area contributed by atoms with Crippen LogP contribution in [0.1, 0.15) is 39.1 Å². The van der Waals surface area contributed by atoms with E-state index in [1.807, 2.05) is 26.9 Å². The molecule has 1 aliphatic heterocycles. The second-order valence-corrected chi connectivity index (χ2v) is 7.72. The molecule has 1 atom stereocenters. The molecule has 0 fully saturated rings. The van der Waals surface area contributed by atoms with Crippen molar-refractivity contribution in [1.29, 1.82) is 0 Å². The minimum atomic E-state index is 0.110. The number of thiazole rings is 1. The molecule has 5 rings (SSSR count). The number of rotatable bonds is 4. The largest absolute Gasteiger partial charge is 0.342 e. The van der Waals surface area contributed by atoms with E-state index in [2.05, 4.69) is 50.8 Å². The van der Waals surface area contributed by atoms with Crippen LogP contribution in [-0.2, 0) is 0 Å². The van der Waals surface area contributed by atoms with Crippen LogP contribution in [0.4, 0.5) is 5.82 Å². The minimum Gasteiger partial charge on any atom is -0.342 e. The molecule has 9 nitrogen and oxygen atoms in total. The molecule has 142 valence electrons. The molecule has 5 heterocycles. The lowest BCUT2D eigenvalue weighted by Crippen LogP contribution is -2.40. The molecule has 0 N–H and O–H groups in total. The molecule has 0 radical (unpaired) electrons. The molecule has 0 aliphatic carbocycles. The number of aromatic nitrogens is 8. The summed E-state index contributed by atoms with van der Waals surface area (Å²) < 4.78 is 3.86. The van der Waals surface area contributed by atoms with Gasteiger partial charge in [-0.3, -0.25) is 9.13 Å². The van der Waals surface area contributed by atoms with Gasteiger partial charge in [-0.15, -0.1) is 21.5 Å². The predicted molar refractivity (Wildman–Crippen MR) is 106 cm³/mol. The molecule has 0 saturated carbocycles. The van der Waals surface area contributed by atoms with Crippen LogP contribution in [0.5, 0.6) is 0 Å². The third-order valence-electron chi connectivity index (χ3n) is 4.87. The number of hydrogen-bond donors (Lipinski definition) is 0. The zero-order valence-corrected chi connectivity index (χ0v) is 16.6. The lowest BCUT2D eigenvalue weighted by atomic mass is 10.1. The number of anilines is 1. The van der Waals surface area contributed by atoms with E-state index in [9.17, 15) is 0 Å². The molecule has 10 heteroatoms. The van der Waals surface area contributed by atoms with Gasteiger partial charge in [-0.2, -0.15) is 4.98 Å². The van der Waals surface area contributed by atoms with Gasteiger partial charge in [-0.25, -0.2) is 15.0 Å². The van der Waals surface area contributed by atoms with Gasteiger partial charge in [0.2, 0.25) is 5.95 Å². The first kappa shape index (κ1) is 17.0. The summed E-state index contributed by atoms with van der Waals surface area (Å²) in [5, 5.41) is 11.2. The van der Waals surface area contributed by atoms with Gasteiger partial charge in [0.25, 0.3) is 0 Å². The van der Waals surface area contributed by atoms with Gasteiger partial charge in [0.1, 0.15) is 12.0 Å². The van der Waals surface area contributed by atoms with Crippen molar-refractivity contribution in [3.63, 3.8) is 0 Å². The summed E-state index contributed by atoms with van der Waals surface area (Å²) in [5.74, 6) is 3.10. The fourth-order valence-electron chi connectivity index (χ4n) is 3.70. The molecule has 0 amide bonds. The maximum Gasteiger partial charge on any atom is 0.237 e. The average molecular weight is 393 g/mol. The Labute approximate surface area is 165 Å². The minimum absolute atomic E-state index is 0.110. The number of hydrogen-bond acceptors (Lipinski definition) is 8. The molecule has 4 aromatic rings. The molecule has 0 aromatic carbocycles. The monoisotopic (exact) mass is 393 g/mol. The number of fused-ring (bicyclic) bond motifs is 3. The Morgan fingerprint density at radius 3 is 2.79 bits per heavy atom. The maximum absolute atomic E-state index is 4.94. The zero-order chi connectivity index (χ0) is 19.3. The summed E-state index contributed by atoms with van der Waals surface area (Å²) in [6.07, 6.45) is 9.85. The lowest BCUT2D eigenvalue weighted by molar-refractivity contribution is 0.497. The van der Waals surface area contributed by atoms with Gasteiger partial charge in [0, 0.05) is 30.0 Å². The summed E-state index contributed by atoms with van der Waals surface area (Å²) in [7, 11) is 0. The van der Waals surface area contributed by atoms with E-state index in [1.54, 1.807) is 18.7 Å². The Balaban J connectivity index is 1.69. The smallest absolute Gasteiger partial charge is 0.237 e. The standard InChI is InChI=1S/C18H19N9S/c1-4-12-15-24-22-10-26(15)13-9-21-18(23-14(13)27(12)11(2)3)25-7-5-19-16(25)17-20-6-8-28-17/h5-12H,4H2,1-3H3. The Kier molecular flexibility index (Phi) is 3.93. The van der Waals surface area contributed by atoms with Crippen LogP contribution in [0.25, 0.3) is 22.5 Å². The molecule has 1 unspecified atom stereocenters. The molecular weight excluding hydrogens is 374 g/mol. The highest BCUT2D eigenvalue weighted by Gasteiger charge is 2.35. The fraction of sp³-hybridized carbons (Fsp3) is 0.333. The first-order chi connectivity index (χ1) is 13.7. The van der Waals surface area contributed by atoms with Crippen LogP contribution in [0.3, 0.4) is 0 Å². The first-order valence-electron chi connectivity index (χ1n) is 9.18. The third-order valence-corrected chi connectivity index (χ3v) is 5.64. The van der Waals surface area contributed by atoms with Crippen molar-refractivity contribution >= 4 is 17.2 Å². The quantitative estimate of drug-likeness (QED) is 0.526. The Bertz CT molecular complexity index is 1110. The summed E-state index contributed by atoms with van der Waals surface area (Å²) in [6.45, 7) is 6.49. The van der Waals surface area contributed by atoms with Crippen molar-refractivity contribution in [3.8, 4) is 22.5 Å². The van der Waals surface area contributed by atoms with Crippen LogP contribution in [0, 0.1) is 0 Å². The van der Waals surface area contributed by atoms with E-state index < -0.39 is 0 Å². The predicted octanol–water partition coefficient (Wildman–Crippen LogP) is 3.05. The van der Waals surface area contributed by atoms with Gasteiger partial charge in [0.15, 0.2) is 22.5 Å². The van der Waals surface area contributed by atoms with Crippen molar-refractivity contribution in [2.75, 3.05) is 4.90 Å². The topological polar surface area (TPSA) is 90.4 Å². The Morgan fingerprint density at radius 1 is 1.14 bits per heavy atom. The Morgan fingerprint density at radius 2 is 2.04 bits per heavy atom. The van der Waals surface area contributed by atoms with Crippen LogP contribution >= 0.6 is 11.3 Å². The van der Waals surface area contributed by atoms with Crippen molar-refractivity contribution in [1.82, 2.24) is 39.3 Å². The third kappa shape index (κ3) is 2.44. The van der Waals surface area contributed by atoms with Crippen molar-refractivity contribution in [2.24, 2.45) is 0 Å². The van der Waals surface area contributed by atoms with Gasteiger partial charge >= 0.3 is 0 Å². The van der Waals surface area contributed by atoms with E-state index in [0.717, 1.165) is 34.6 Å². The van der Waals surface area contributed by atoms with E-state index in [0.29, 0.717) is 5.95 Å². The molecule has 0 saturated heterocycles. The van der Waals surface area contributed by atoms with Crippen LogP contribution in [0.2, 0.25) is 0 Å². The van der Waals surface area contributed by atoms with Crippen molar-refractivity contribution in [2.45, 2.75) is 39.3 Å². The van der Waals surface area contributed by atoms with Gasteiger partial charge in [0.05, 0.1) is 12.2 Å². The Hall–Kier alpha value is -3.14. The lowest BCUT2D eigenvalue weighted by Gasteiger charge is -2.39. The van der Waals surface area contributed by atoms with E-state index >= 15 is 0 Å².